The fourth-order valence-corrected chi connectivity index (χ4v) is 4.01. The van der Waals surface area contributed by atoms with Crippen LogP contribution < -0.4 is 4.90 Å². The first kappa shape index (κ1) is 17.0. The molecule has 0 spiro atoms. The van der Waals surface area contributed by atoms with E-state index in [2.05, 4.69) is 23.0 Å². The van der Waals surface area contributed by atoms with Crippen molar-refractivity contribution in [3.05, 3.63) is 46.8 Å². The monoisotopic (exact) mass is 341 g/mol. The van der Waals surface area contributed by atoms with Gasteiger partial charge in [0.15, 0.2) is 5.16 Å². The Morgan fingerprint density at radius 3 is 2.50 bits per heavy atom. The van der Waals surface area contributed by atoms with E-state index in [1.165, 1.54) is 17.3 Å². The van der Waals surface area contributed by atoms with Crippen molar-refractivity contribution < 1.29 is 4.79 Å². The Bertz CT molecular complexity index is 767. The SMILES string of the molecule is Cc1nc(SC(C)C(=O)N2c3ccccc3CC2C)nc(C)c1C. The van der Waals surface area contributed by atoms with Gasteiger partial charge in [0.1, 0.15) is 0 Å². The molecule has 2 heterocycles. The summed E-state index contributed by atoms with van der Waals surface area (Å²) in [6.07, 6.45) is 0.915. The molecule has 2 aromatic rings. The number of carbonyl (C=O) groups excluding carboxylic acids is 1. The summed E-state index contributed by atoms with van der Waals surface area (Å²) in [5.41, 5.74) is 5.35. The van der Waals surface area contributed by atoms with E-state index in [-0.39, 0.29) is 17.2 Å². The number of para-hydroxylation sites is 1. The standard InChI is InChI=1S/C19H23N3OS/c1-11-10-16-8-6-7-9-17(16)22(11)18(23)15(5)24-19-20-13(3)12(2)14(4)21-19/h6-9,11,15H,10H2,1-5H3. The third-order valence-corrected chi connectivity index (χ3v) is 5.64. The maximum atomic E-state index is 13.0. The topological polar surface area (TPSA) is 46.1 Å². The minimum atomic E-state index is -0.222. The lowest BCUT2D eigenvalue weighted by Gasteiger charge is -2.25. The molecule has 0 bridgehead atoms. The summed E-state index contributed by atoms with van der Waals surface area (Å²) >= 11 is 1.44. The first-order valence-corrected chi connectivity index (χ1v) is 9.16. The first-order valence-electron chi connectivity index (χ1n) is 8.28. The average Bonchev–Trinajstić information content (AvgIpc) is 2.87. The van der Waals surface area contributed by atoms with Crippen molar-refractivity contribution in [3.8, 4) is 0 Å². The number of carbonyl (C=O) groups is 1. The molecule has 1 aromatic heterocycles. The van der Waals surface area contributed by atoms with Crippen molar-refractivity contribution >= 4 is 23.4 Å². The maximum absolute atomic E-state index is 13.0. The van der Waals surface area contributed by atoms with Crippen LogP contribution in [0.1, 0.15) is 36.4 Å². The van der Waals surface area contributed by atoms with Crippen LogP contribution in [0, 0.1) is 20.8 Å². The van der Waals surface area contributed by atoms with E-state index in [1.54, 1.807) is 0 Å². The summed E-state index contributed by atoms with van der Waals surface area (Å²) < 4.78 is 0. The largest absolute Gasteiger partial charge is 0.308 e. The van der Waals surface area contributed by atoms with E-state index >= 15 is 0 Å². The van der Waals surface area contributed by atoms with Crippen molar-refractivity contribution in [2.45, 2.75) is 57.5 Å². The predicted molar refractivity (Wildman–Crippen MR) is 98.7 cm³/mol. The molecule has 4 nitrogen and oxygen atoms in total. The van der Waals surface area contributed by atoms with Gasteiger partial charge in [-0.1, -0.05) is 30.0 Å². The number of amides is 1. The predicted octanol–water partition coefficient (Wildman–Crippen LogP) is 3.86. The zero-order chi connectivity index (χ0) is 17.4. The number of thioether (sulfide) groups is 1. The second-order valence-corrected chi connectivity index (χ2v) is 7.76. The Balaban J connectivity index is 1.81. The van der Waals surface area contributed by atoms with Crippen molar-refractivity contribution in [1.29, 1.82) is 0 Å². The second-order valence-electron chi connectivity index (χ2n) is 6.45. The van der Waals surface area contributed by atoms with Gasteiger partial charge < -0.3 is 4.90 Å². The lowest BCUT2D eigenvalue weighted by molar-refractivity contribution is -0.118. The average molecular weight is 341 g/mol. The molecule has 0 fully saturated rings. The molecule has 0 saturated carbocycles. The smallest absolute Gasteiger partial charge is 0.240 e. The van der Waals surface area contributed by atoms with Gasteiger partial charge in [-0.05, 0) is 58.2 Å². The van der Waals surface area contributed by atoms with Gasteiger partial charge in [-0.3, -0.25) is 4.79 Å². The Morgan fingerprint density at radius 1 is 1.21 bits per heavy atom. The van der Waals surface area contributed by atoms with Crippen LogP contribution in [0.25, 0.3) is 0 Å². The van der Waals surface area contributed by atoms with Crippen LogP contribution in [0.3, 0.4) is 0 Å². The van der Waals surface area contributed by atoms with E-state index < -0.39 is 0 Å². The quantitative estimate of drug-likeness (QED) is 0.628. The fourth-order valence-electron chi connectivity index (χ4n) is 3.10. The highest BCUT2D eigenvalue weighted by molar-refractivity contribution is 8.00. The minimum absolute atomic E-state index is 0.122. The third kappa shape index (κ3) is 3.05. The zero-order valence-electron chi connectivity index (χ0n) is 14.8. The molecule has 0 N–H and O–H groups in total. The van der Waals surface area contributed by atoms with Crippen LogP contribution in [0.5, 0.6) is 0 Å². The molecule has 24 heavy (non-hydrogen) atoms. The number of aryl methyl sites for hydroxylation is 2. The van der Waals surface area contributed by atoms with Gasteiger partial charge in [0.25, 0.3) is 0 Å². The van der Waals surface area contributed by atoms with Crippen molar-refractivity contribution in [2.75, 3.05) is 4.90 Å². The van der Waals surface area contributed by atoms with Crippen LogP contribution in [0.4, 0.5) is 5.69 Å². The minimum Gasteiger partial charge on any atom is -0.308 e. The number of aromatic nitrogens is 2. The molecule has 5 heteroatoms. The van der Waals surface area contributed by atoms with E-state index in [4.69, 9.17) is 0 Å². The number of nitrogens with zero attached hydrogens (tertiary/aromatic N) is 3. The van der Waals surface area contributed by atoms with Crippen LogP contribution in [0.15, 0.2) is 29.4 Å². The van der Waals surface area contributed by atoms with Gasteiger partial charge in [0.05, 0.1) is 5.25 Å². The molecular formula is C19H23N3OS. The molecular weight excluding hydrogens is 318 g/mol. The lowest BCUT2D eigenvalue weighted by atomic mass is 10.1. The first-order chi connectivity index (χ1) is 11.4. The van der Waals surface area contributed by atoms with Crippen LogP contribution in [-0.2, 0) is 11.2 Å². The van der Waals surface area contributed by atoms with Crippen molar-refractivity contribution in [1.82, 2.24) is 9.97 Å². The van der Waals surface area contributed by atoms with Gasteiger partial charge in [0, 0.05) is 23.1 Å². The molecule has 2 unspecified atom stereocenters. The second kappa shape index (κ2) is 6.55. The Morgan fingerprint density at radius 2 is 1.83 bits per heavy atom. The molecule has 1 amide bonds. The maximum Gasteiger partial charge on any atom is 0.240 e. The summed E-state index contributed by atoms with van der Waals surface area (Å²) in [7, 11) is 0. The number of anilines is 1. The fraction of sp³-hybridized carbons (Fsp3) is 0.421. The highest BCUT2D eigenvalue weighted by atomic mass is 32.2. The van der Waals surface area contributed by atoms with E-state index in [0.717, 1.165) is 29.1 Å². The molecule has 2 atom stereocenters. The van der Waals surface area contributed by atoms with Gasteiger partial charge in [-0.2, -0.15) is 0 Å². The summed E-state index contributed by atoms with van der Waals surface area (Å²) in [4.78, 5) is 24.0. The number of rotatable bonds is 3. The van der Waals surface area contributed by atoms with E-state index in [0.29, 0.717) is 5.16 Å². The van der Waals surface area contributed by atoms with E-state index in [1.807, 2.05) is 50.8 Å². The van der Waals surface area contributed by atoms with Crippen LogP contribution >= 0.6 is 11.8 Å². The number of fused-ring (bicyclic) bond motifs is 1. The summed E-state index contributed by atoms with van der Waals surface area (Å²) in [5, 5.41) is 0.455. The Labute approximate surface area is 147 Å². The van der Waals surface area contributed by atoms with Gasteiger partial charge in [-0.25, -0.2) is 9.97 Å². The van der Waals surface area contributed by atoms with Gasteiger partial charge in [0.2, 0.25) is 5.91 Å². The molecule has 1 aromatic carbocycles. The molecule has 0 saturated heterocycles. The van der Waals surface area contributed by atoms with Gasteiger partial charge >= 0.3 is 0 Å². The molecule has 126 valence electrons. The highest BCUT2D eigenvalue weighted by Gasteiger charge is 2.33. The molecule has 0 aliphatic carbocycles. The summed E-state index contributed by atoms with van der Waals surface area (Å²) in [6.45, 7) is 10.0. The normalized spacial score (nSPS) is 17.7. The Kier molecular flexibility index (Phi) is 4.63. The molecule has 1 aliphatic heterocycles. The zero-order valence-corrected chi connectivity index (χ0v) is 15.6. The van der Waals surface area contributed by atoms with Crippen LogP contribution in [0.2, 0.25) is 0 Å². The summed E-state index contributed by atoms with van der Waals surface area (Å²) in [5.74, 6) is 0.122. The van der Waals surface area contributed by atoms with Crippen LogP contribution in [-0.4, -0.2) is 27.2 Å². The molecule has 0 radical (unpaired) electrons. The number of benzene rings is 1. The number of hydrogen-bond acceptors (Lipinski definition) is 4. The van der Waals surface area contributed by atoms with Crippen molar-refractivity contribution in [2.24, 2.45) is 0 Å². The molecule has 3 rings (SSSR count). The van der Waals surface area contributed by atoms with E-state index in [9.17, 15) is 4.79 Å². The van der Waals surface area contributed by atoms with Gasteiger partial charge in [-0.15, -0.1) is 0 Å². The third-order valence-electron chi connectivity index (χ3n) is 4.69. The lowest BCUT2D eigenvalue weighted by Crippen LogP contribution is -2.40. The highest BCUT2D eigenvalue weighted by Crippen LogP contribution is 2.34. The summed E-state index contributed by atoms with van der Waals surface area (Å²) in [6, 6.07) is 8.35. The van der Waals surface area contributed by atoms with Crippen molar-refractivity contribution in [3.63, 3.8) is 0 Å². The number of hydrogen-bond donors (Lipinski definition) is 0. The Hall–Kier alpha value is -1.88. The molecule has 1 aliphatic rings.